The lowest BCUT2D eigenvalue weighted by atomic mass is 9.46. The van der Waals surface area contributed by atoms with Crippen LogP contribution in [0.5, 0.6) is 0 Å². The van der Waals surface area contributed by atoms with Gasteiger partial charge in [-0.3, -0.25) is 4.79 Å². The van der Waals surface area contributed by atoms with E-state index in [0.29, 0.717) is 11.8 Å². The fourth-order valence-corrected chi connectivity index (χ4v) is 5.39. The Morgan fingerprint density at radius 3 is 2.54 bits per heavy atom. The van der Waals surface area contributed by atoms with Gasteiger partial charge in [-0.25, -0.2) is 0 Å². The fraction of sp³-hybridized carbons (Fsp3) is 0.682. The van der Waals surface area contributed by atoms with Gasteiger partial charge in [0.25, 0.3) is 0 Å². The Labute approximate surface area is 148 Å². The topological polar surface area (TPSA) is 26.3 Å². The molecule has 2 aliphatic rings. The van der Waals surface area contributed by atoms with Gasteiger partial charge in [-0.05, 0) is 56.3 Å². The van der Waals surface area contributed by atoms with Crippen molar-refractivity contribution in [3.63, 3.8) is 0 Å². The summed E-state index contributed by atoms with van der Waals surface area (Å²) >= 11 is 0. The lowest BCUT2D eigenvalue weighted by molar-refractivity contribution is -0.173. The molecule has 0 aromatic heterocycles. The van der Waals surface area contributed by atoms with Crippen LogP contribution in [0.1, 0.15) is 66.7 Å². The highest BCUT2D eigenvalue weighted by Gasteiger charge is 2.56. The average molecular weight is 331 g/mol. The molecule has 0 aromatic carbocycles. The molecule has 134 valence electrons. The zero-order valence-corrected chi connectivity index (χ0v) is 16.2. The summed E-state index contributed by atoms with van der Waals surface area (Å²) < 4.78 is 5.69. The first-order valence-electron chi connectivity index (χ1n) is 9.27. The van der Waals surface area contributed by atoms with Crippen molar-refractivity contribution in [3.8, 4) is 0 Å². The van der Waals surface area contributed by atoms with Gasteiger partial charge < -0.3 is 4.74 Å². The summed E-state index contributed by atoms with van der Waals surface area (Å²) in [6.07, 6.45) is 9.60. The molecule has 0 bridgehead atoms. The van der Waals surface area contributed by atoms with Gasteiger partial charge in [-0.1, -0.05) is 57.2 Å². The molecular weight excluding hydrogens is 296 g/mol. The zero-order valence-electron chi connectivity index (χ0n) is 16.2. The molecule has 0 radical (unpaired) electrons. The van der Waals surface area contributed by atoms with Gasteiger partial charge in [0, 0.05) is 12.3 Å². The molecule has 2 saturated carbocycles. The van der Waals surface area contributed by atoms with Crippen molar-refractivity contribution in [1.82, 2.24) is 0 Å². The highest BCUT2D eigenvalue weighted by molar-refractivity contribution is 5.66. The molecule has 2 rings (SSSR count). The molecule has 0 aromatic rings. The number of ether oxygens (including phenoxy) is 1. The number of rotatable bonds is 4. The van der Waals surface area contributed by atoms with Crippen LogP contribution in [0.3, 0.4) is 0 Å². The predicted octanol–water partition coefficient (Wildman–Crippen LogP) is 5.85. The quantitative estimate of drug-likeness (QED) is 0.367. The van der Waals surface area contributed by atoms with Crippen molar-refractivity contribution in [2.75, 3.05) is 0 Å². The first-order chi connectivity index (χ1) is 11.1. The molecule has 2 aliphatic carbocycles. The summed E-state index contributed by atoms with van der Waals surface area (Å²) in [6.45, 7) is 18.9. The van der Waals surface area contributed by atoms with Crippen LogP contribution in [0.25, 0.3) is 0 Å². The molecule has 2 fully saturated rings. The van der Waals surface area contributed by atoms with Crippen molar-refractivity contribution >= 4 is 5.97 Å². The summed E-state index contributed by atoms with van der Waals surface area (Å²) in [6, 6.07) is 0. The molecule has 0 N–H and O–H groups in total. The first-order valence-corrected chi connectivity index (χ1v) is 9.27. The third kappa shape index (κ3) is 3.38. The Morgan fingerprint density at radius 1 is 1.29 bits per heavy atom. The normalized spacial score (nSPS) is 36.0. The van der Waals surface area contributed by atoms with Crippen LogP contribution in [-0.4, -0.2) is 12.1 Å². The monoisotopic (exact) mass is 330 g/mol. The summed E-state index contributed by atoms with van der Waals surface area (Å²) in [4.78, 5) is 11.5. The number of carbonyl (C=O) groups excluding carboxylic acids is 1. The SMILES string of the molecule is C=CC(C)=CCC1C(=C)CCC2C(C)(C)C(OC(C)=O)CCC12C. The number of hydrogen-bond acceptors (Lipinski definition) is 2. The smallest absolute Gasteiger partial charge is 0.302 e. The van der Waals surface area contributed by atoms with Gasteiger partial charge in [0.05, 0.1) is 0 Å². The maximum Gasteiger partial charge on any atom is 0.302 e. The van der Waals surface area contributed by atoms with E-state index in [2.05, 4.69) is 46.9 Å². The van der Waals surface area contributed by atoms with Gasteiger partial charge in [-0.2, -0.15) is 0 Å². The molecule has 2 nitrogen and oxygen atoms in total. The van der Waals surface area contributed by atoms with Crippen LogP contribution in [0.4, 0.5) is 0 Å². The highest BCUT2D eigenvalue weighted by atomic mass is 16.5. The van der Waals surface area contributed by atoms with E-state index < -0.39 is 0 Å². The summed E-state index contributed by atoms with van der Waals surface area (Å²) in [5.74, 6) is 0.901. The Bertz CT molecular complexity index is 554. The van der Waals surface area contributed by atoms with Crippen molar-refractivity contribution < 1.29 is 9.53 Å². The molecule has 4 atom stereocenters. The minimum atomic E-state index is -0.155. The average Bonchev–Trinajstić information content (AvgIpc) is 2.49. The number of allylic oxidation sites excluding steroid dienone is 4. The van der Waals surface area contributed by atoms with Crippen LogP contribution in [0.15, 0.2) is 36.5 Å². The van der Waals surface area contributed by atoms with Gasteiger partial charge in [0.1, 0.15) is 6.10 Å². The van der Waals surface area contributed by atoms with Crippen LogP contribution >= 0.6 is 0 Å². The second-order valence-corrected chi connectivity index (χ2v) is 8.65. The third-order valence-electron chi connectivity index (χ3n) is 6.82. The van der Waals surface area contributed by atoms with E-state index in [1.165, 1.54) is 18.1 Å². The molecule has 0 aliphatic heterocycles. The van der Waals surface area contributed by atoms with Crippen molar-refractivity contribution in [2.24, 2.45) is 22.7 Å². The maximum atomic E-state index is 11.5. The Morgan fingerprint density at radius 2 is 1.96 bits per heavy atom. The summed E-state index contributed by atoms with van der Waals surface area (Å²) in [7, 11) is 0. The Hall–Kier alpha value is -1.31. The Kier molecular flexibility index (Phi) is 5.47. The van der Waals surface area contributed by atoms with E-state index in [4.69, 9.17) is 4.74 Å². The number of esters is 1. The van der Waals surface area contributed by atoms with Crippen molar-refractivity contribution in [3.05, 3.63) is 36.5 Å². The van der Waals surface area contributed by atoms with E-state index in [0.717, 1.165) is 32.1 Å². The maximum absolute atomic E-state index is 11.5. The largest absolute Gasteiger partial charge is 0.462 e. The summed E-state index contributed by atoms with van der Waals surface area (Å²) in [5.41, 5.74) is 2.87. The minimum Gasteiger partial charge on any atom is -0.462 e. The molecule has 0 saturated heterocycles. The van der Waals surface area contributed by atoms with Crippen molar-refractivity contribution in [1.29, 1.82) is 0 Å². The second kappa shape index (κ2) is 6.90. The van der Waals surface area contributed by atoms with Gasteiger partial charge in [0.2, 0.25) is 0 Å². The zero-order chi connectivity index (χ0) is 18.1. The lowest BCUT2D eigenvalue weighted by Gasteiger charge is -2.59. The molecule has 24 heavy (non-hydrogen) atoms. The van der Waals surface area contributed by atoms with Gasteiger partial charge >= 0.3 is 5.97 Å². The minimum absolute atomic E-state index is 0.00875. The first kappa shape index (κ1) is 19.0. The van der Waals surface area contributed by atoms with E-state index in [9.17, 15) is 4.79 Å². The van der Waals surface area contributed by atoms with Crippen LogP contribution in [-0.2, 0) is 9.53 Å². The number of carbonyl (C=O) groups is 1. The molecule has 2 heteroatoms. The van der Waals surface area contributed by atoms with E-state index in [1.54, 1.807) is 0 Å². The number of fused-ring (bicyclic) bond motifs is 1. The molecule has 0 amide bonds. The third-order valence-corrected chi connectivity index (χ3v) is 6.82. The van der Waals surface area contributed by atoms with Crippen molar-refractivity contribution in [2.45, 2.75) is 72.8 Å². The molecule has 4 unspecified atom stereocenters. The molecule has 0 spiro atoms. The van der Waals surface area contributed by atoms with Crippen LogP contribution in [0, 0.1) is 22.7 Å². The van der Waals surface area contributed by atoms with Crippen LogP contribution < -0.4 is 0 Å². The number of hydrogen-bond donors (Lipinski definition) is 0. The van der Waals surface area contributed by atoms with Gasteiger partial charge in [-0.15, -0.1) is 0 Å². The summed E-state index contributed by atoms with van der Waals surface area (Å²) in [5, 5.41) is 0. The molecular formula is C22H34O2. The highest BCUT2D eigenvalue weighted by Crippen LogP contribution is 2.62. The lowest BCUT2D eigenvalue weighted by Crippen LogP contribution is -2.55. The van der Waals surface area contributed by atoms with Gasteiger partial charge in [0.15, 0.2) is 0 Å². The fourth-order valence-electron chi connectivity index (χ4n) is 5.39. The predicted molar refractivity (Wildman–Crippen MR) is 101 cm³/mol. The molecule has 0 heterocycles. The standard InChI is InChI=1S/C22H34O2/c1-8-15(2)9-11-18-16(3)10-12-19-21(5,6)20(24-17(4)23)13-14-22(18,19)7/h8-9,18-20H,1,3,10-14H2,2,4-7H3. The van der Waals surface area contributed by atoms with E-state index in [1.807, 2.05) is 6.08 Å². The van der Waals surface area contributed by atoms with E-state index in [-0.39, 0.29) is 22.9 Å². The second-order valence-electron chi connectivity index (χ2n) is 8.65. The Balaban J connectivity index is 2.30. The van der Waals surface area contributed by atoms with E-state index >= 15 is 0 Å². The van der Waals surface area contributed by atoms with Crippen LogP contribution in [0.2, 0.25) is 0 Å².